The first-order valence-electron chi connectivity index (χ1n) is 10.0. The smallest absolute Gasteiger partial charge is 0.254 e. The molecule has 1 saturated heterocycles. The molecule has 1 fully saturated rings. The molecule has 1 atom stereocenters. The van der Waals surface area contributed by atoms with Gasteiger partial charge in [-0.2, -0.15) is 0 Å². The summed E-state index contributed by atoms with van der Waals surface area (Å²) in [5, 5.41) is 3.00. The number of fused-ring (bicyclic) bond motifs is 2. The van der Waals surface area contributed by atoms with Crippen LogP contribution in [0.5, 0.6) is 5.75 Å². The molecule has 1 N–H and O–H groups in total. The van der Waals surface area contributed by atoms with Crippen LogP contribution in [0.1, 0.15) is 35.7 Å². The fraction of sp³-hybridized carbons (Fsp3) is 0.409. The molecule has 0 aliphatic carbocycles. The summed E-state index contributed by atoms with van der Waals surface area (Å²) in [7, 11) is 0. The zero-order valence-corrected chi connectivity index (χ0v) is 16.8. The van der Waals surface area contributed by atoms with Crippen molar-refractivity contribution in [1.82, 2.24) is 14.8 Å². The lowest BCUT2D eigenvalue weighted by atomic mass is 10.0. The Morgan fingerprint density at radius 3 is 2.76 bits per heavy atom. The number of piperazine rings is 1. The first-order valence-corrected chi connectivity index (χ1v) is 10.0. The summed E-state index contributed by atoms with van der Waals surface area (Å²) in [5.74, 6) is 0.959. The Morgan fingerprint density at radius 1 is 1.21 bits per heavy atom. The third-order valence-corrected chi connectivity index (χ3v) is 5.54. The van der Waals surface area contributed by atoms with Crippen molar-refractivity contribution in [2.24, 2.45) is 0 Å². The van der Waals surface area contributed by atoms with Gasteiger partial charge < -0.3 is 15.0 Å². The zero-order chi connectivity index (χ0) is 20.4. The Morgan fingerprint density at radius 2 is 2.00 bits per heavy atom. The molecule has 0 bridgehead atoms. The lowest BCUT2D eigenvalue weighted by Gasteiger charge is -2.40. The highest BCUT2D eigenvalue weighted by Crippen LogP contribution is 2.30. The number of anilines is 1. The molecule has 2 aliphatic rings. The molecule has 1 aromatic heterocycles. The number of carbonyl (C=O) groups excluding carboxylic acids is 2. The number of benzene rings is 1. The van der Waals surface area contributed by atoms with Crippen LogP contribution in [0.25, 0.3) is 0 Å². The Balaban J connectivity index is 1.53. The number of nitrogens with zero attached hydrogens (tertiary/aromatic N) is 3. The lowest BCUT2D eigenvalue weighted by Crippen LogP contribution is -2.57. The van der Waals surface area contributed by atoms with Crippen LogP contribution >= 0.6 is 0 Å². The third-order valence-electron chi connectivity index (χ3n) is 5.54. The lowest BCUT2D eigenvalue weighted by molar-refractivity contribution is -0.118. The zero-order valence-electron chi connectivity index (χ0n) is 16.8. The molecule has 0 spiro atoms. The van der Waals surface area contributed by atoms with Gasteiger partial charge >= 0.3 is 0 Å². The van der Waals surface area contributed by atoms with E-state index >= 15 is 0 Å². The molecule has 152 valence electrons. The number of hydrogen-bond acceptors (Lipinski definition) is 5. The number of rotatable bonds is 2. The van der Waals surface area contributed by atoms with Gasteiger partial charge in [-0.15, -0.1) is 0 Å². The predicted molar refractivity (Wildman–Crippen MR) is 110 cm³/mol. The minimum atomic E-state index is -0.0587. The van der Waals surface area contributed by atoms with Gasteiger partial charge in [-0.1, -0.05) is 19.9 Å². The van der Waals surface area contributed by atoms with Crippen LogP contribution < -0.4 is 10.1 Å². The number of nitrogens with one attached hydrogen (secondary N) is 1. The molecule has 4 rings (SSSR count). The third kappa shape index (κ3) is 4.24. The number of pyridine rings is 1. The maximum absolute atomic E-state index is 12.8. The van der Waals surface area contributed by atoms with E-state index in [0.29, 0.717) is 49.2 Å². The van der Waals surface area contributed by atoms with Crippen LogP contribution in [0, 0.1) is 0 Å². The molecular formula is C22H26N4O3. The van der Waals surface area contributed by atoms with E-state index in [2.05, 4.69) is 29.0 Å². The normalized spacial score (nSPS) is 19.9. The van der Waals surface area contributed by atoms with E-state index in [1.54, 1.807) is 24.5 Å². The summed E-state index contributed by atoms with van der Waals surface area (Å²) < 4.78 is 6.09. The fourth-order valence-corrected chi connectivity index (χ4v) is 3.81. The van der Waals surface area contributed by atoms with Gasteiger partial charge in [0.1, 0.15) is 12.4 Å². The average molecular weight is 394 g/mol. The van der Waals surface area contributed by atoms with Crippen molar-refractivity contribution in [3.8, 4) is 5.75 Å². The highest BCUT2D eigenvalue weighted by Gasteiger charge is 2.32. The van der Waals surface area contributed by atoms with Gasteiger partial charge in [0.15, 0.2) is 0 Å². The second kappa shape index (κ2) is 8.21. The monoisotopic (exact) mass is 394 g/mol. The van der Waals surface area contributed by atoms with E-state index in [0.717, 1.165) is 5.56 Å². The number of hydrogen-bond donors (Lipinski definition) is 1. The maximum Gasteiger partial charge on any atom is 0.254 e. The Hall–Kier alpha value is -2.93. The van der Waals surface area contributed by atoms with Crippen molar-refractivity contribution in [1.29, 1.82) is 0 Å². The van der Waals surface area contributed by atoms with Gasteiger partial charge in [0.2, 0.25) is 5.91 Å². The van der Waals surface area contributed by atoms with E-state index < -0.39 is 0 Å². The van der Waals surface area contributed by atoms with E-state index in [1.807, 2.05) is 23.1 Å². The minimum absolute atomic E-state index is 0.0154. The second-order valence-electron chi connectivity index (χ2n) is 7.88. The average Bonchev–Trinajstić information content (AvgIpc) is 2.79. The van der Waals surface area contributed by atoms with Crippen molar-refractivity contribution in [2.45, 2.75) is 25.8 Å². The van der Waals surface area contributed by atoms with Gasteiger partial charge in [0.05, 0.1) is 18.3 Å². The predicted octanol–water partition coefficient (Wildman–Crippen LogP) is 2.36. The SMILES string of the molecule is CC(C)c1ccc2c(c1)NC(=O)CN1CCN(C(=O)c3ccncc3)C[C@H]1CO2. The van der Waals surface area contributed by atoms with Crippen LogP contribution in [0.3, 0.4) is 0 Å². The Kier molecular flexibility index (Phi) is 5.49. The molecule has 2 aromatic rings. The molecule has 0 saturated carbocycles. The molecule has 3 heterocycles. The Bertz CT molecular complexity index is 900. The quantitative estimate of drug-likeness (QED) is 0.846. The summed E-state index contributed by atoms with van der Waals surface area (Å²) in [6.07, 6.45) is 3.25. The number of ether oxygens (including phenoxy) is 1. The fourth-order valence-electron chi connectivity index (χ4n) is 3.81. The van der Waals surface area contributed by atoms with Crippen molar-refractivity contribution in [3.63, 3.8) is 0 Å². The molecule has 1 aromatic carbocycles. The summed E-state index contributed by atoms with van der Waals surface area (Å²) >= 11 is 0. The number of carbonyl (C=O) groups is 2. The van der Waals surface area contributed by atoms with Crippen LogP contribution in [0.15, 0.2) is 42.7 Å². The summed E-state index contributed by atoms with van der Waals surface area (Å²) in [6, 6.07) is 9.35. The van der Waals surface area contributed by atoms with Crippen LogP contribution in [0.4, 0.5) is 5.69 Å². The molecule has 2 amide bonds. The number of aromatic nitrogens is 1. The highest BCUT2D eigenvalue weighted by molar-refractivity contribution is 5.95. The van der Waals surface area contributed by atoms with Crippen molar-refractivity contribution < 1.29 is 14.3 Å². The first kappa shape index (κ1) is 19.4. The van der Waals surface area contributed by atoms with E-state index in [9.17, 15) is 9.59 Å². The highest BCUT2D eigenvalue weighted by atomic mass is 16.5. The first-order chi connectivity index (χ1) is 14.0. The van der Waals surface area contributed by atoms with Gasteiger partial charge in [-0.05, 0) is 35.7 Å². The summed E-state index contributed by atoms with van der Waals surface area (Å²) in [4.78, 5) is 33.4. The topological polar surface area (TPSA) is 74.8 Å². The molecular weight excluding hydrogens is 368 g/mol. The molecule has 2 aliphatic heterocycles. The summed E-state index contributed by atoms with van der Waals surface area (Å²) in [6.45, 7) is 6.68. The summed E-state index contributed by atoms with van der Waals surface area (Å²) in [5.41, 5.74) is 2.49. The number of amides is 2. The van der Waals surface area contributed by atoms with Crippen LogP contribution in [-0.4, -0.2) is 65.4 Å². The maximum atomic E-state index is 12.8. The van der Waals surface area contributed by atoms with Gasteiger partial charge in [0.25, 0.3) is 5.91 Å². The molecule has 7 heteroatoms. The molecule has 0 radical (unpaired) electrons. The van der Waals surface area contributed by atoms with Gasteiger partial charge in [-0.3, -0.25) is 19.5 Å². The minimum Gasteiger partial charge on any atom is -0.490 e. The molecule has 7 nitrogen and oxygen atoms in total. The largest absolute Gasteiger partial charge is 0.490 e. The van der Waals surface area contributed by atoms with Gasteiger partial charge in [-0.25, -0.2) is 0 Å². The van der Waals surface area contributed by atoms with E-state index in [-0.39, 0.29) is 24.4 Å². The van der Waals surface area contributed by atoms with E-state index in [4.69, 9.17) is 4.74 Å². The van der Waals surface area contributed by atoms with Crippen molar-refractivity contribution in [3.05, 3.63) is 53.9 Å². The second-order valence-corrected chi connectivity index (χ2v) is 7.88. The van der Waals surface area contributed by atoms with Crippen LogP contribution in [0.2, 0.25) is 0 Å². The van der Waals surface area contributed by atoms with Crippen molar-refractivity contribution >= 4 is 17.5 Å². The molecule has 29 heavy (non-hydrogen) atoms. The Labute approximate surface area is 170 Å². The van der Waals surface area contributed by atoms with Crippen molar-refractivity contribution in [2.75, 3.05) is 38.1 Å². The standard InChI is InChI=1S/C22H26N4O3/c1-15(2)17-3-4-20-19(11-17)24-21(27)13-25-9-10-26(12-18(25)14-29-20)22(28)16-5-7-23-8-6-16/h3-8,11,15,18H,9-10,12-14H2,1-2H3,(H,24,27)/t18-/m0/s1. The van der Waals surface area contributed by atoms with Gasteiger partial charge in [0, 0.05) is 37.6 Å². The van der Waals surface area contributed by atoms with Crippen LogP contribution in [-0.2, 0) is 4.79 Å². The van der Waals surface area contributed by atoms with E-state index in [1.165, 1.54) is 0 Å². The molecule has 0 unspecified atom stereocenters.